The molecule has 0 aliphatic heterocycles. The van der Waals surface area contributed by atoms with Crippen LogP contribution in [-0.4, -0.2) is 24.7 Å². The van der Waals surface area contributed by atoms with Crippen molar-refractivity contribution in [1.29, 1.82) is 0 Å². The normalized spacial score (nSPS) is 14.1. The fraction of sp³-hybridized carbons (Fsp3) is 0.650. The predicted molar refractivity (Wildman–Crippen MR) is 111 cm³/mol. The maximum atomic E-state index is 13.4. The van der Waals surface area contributed by atoms with Crippen molar-refractivity contribution in [1.82, 2.24) is 0 Å². The molecule has 1 N–H and O–H groups in total. The topological polar surface area (TPSA) is 95.3 Å². The van der Waals surface area contributed by atoms with Gasteiger partial charge in [0.2, 0.25) is 0 Å². The average Bonchev–Trinajstić information content (AvgIpc) is 2.54. The highest BCUT2D eigenvalue weighted by atomic mass is 28.4. The van der Waals surface area contributed by atoms with Crippen LogP contribution >= 0.6 is 0 Å². The first-order valence-corrected chi connectivity index (χ1v) is 12.5. The van der Waals surface area contributed by atoms with E-state index in [2.05, 4.69) is 10.0 Å². The molecule has 0 unspecified atom stereocenters. The molecule has 0 spiro atoms. The van der Waals surface area contributed by atoms with Gasteiger partial charge in [-0.25, -0.2) is 4.79 Å². The molecule has 168 valence electrons. The molecular weight excluding hydrogens is 415 g/mol. The standard InChI is InChI=1S/C20H30F3N3O3Si/c1-18(2,3)29-17(27)14-10-13(11-15(12-14)20(21,22)23)16(25-26-24)8-9-19(4,5)30(6,7)28/h10-12,16,28H,8-9H2,1-7H3/t16-/m1/s1. The van der Waals surface area contributed by atoms with Gasteiger partial charge in [0.25, 0.3) is 0 Å². The van der Waals surface area contributed by atoms with E-state index in [1.54, 1.807) is 33.9 Å². The summed E-state index contributed by atoms with van der Waals surface area (Å²) in [6.45, 7) is 12.2. The first-order chi connectivity index (χ1) is 13.4. The third-order valence-corrected chi connectivity index (χ3v) is 8.75. The maximum absolute atomic E-state index is 13.4. The SMILES string of the molecule is CC(C)(C)OC(=O)c1cc([C@@H](CCC(C)(C)[Si](C)(C)O)N=[N+]=[N-])cc(C(F)(F)F)c1. The molecule has 30 heavy (non-hydrogen) atoms. The molecule has 1 aromatic carbocycles. The van der Waals surface area contributed by atoms with Crippen molar-refractivity contribution in [2.24, 2.45) is 5.11 Å². The van der Waals surface area contributed by atoms with E-state index in [0.29, 0.717) is 6.42 Å². The lowest BCUT2D eigenvalue weighted by Gasteiger charge is -2.35. The number of carbonyl (C=O) groups excluding carboxylic acids is 1. The third-order valence-electron chi connectivity index (χ3n) is 5.19. The second-order valence-electron chi connectivity index (χ2n) is 9.55. The van der Waals surface area contributed by atoms with E-state index < -0.39 is 42.7 Å². The molecule has 0 aromatic heterocycles. The second-order valence-corrected chi connectivity index (χ2v) is 14.0. The summed E-state index contributed by atoms with van der Waals surface area (Å²) in [7, 11) is -2.56. The van der Waals surface area contributed by atoms with Gasteiger partial charge in [0, 0.05) is 4.91 Å². The molecule has 0 amide bonds. The summed E-state index contributed by atoms with van der Waals surface area (Å²) < 4.78 is 45.5. The minimum absolute atomic E-state index is 0.0803. The Labute approximate surface area is 176 Å². The van der Waals surface area contributed by atoms with E-state index in [0.717, 1.165) is 12.1 Å². The van der Waals surface area contributed by atoms with Crippen molar-refractivity contribution in [3.63, 3.8) is 0 Å². The van der Waals surface area contributed by atoms with Gasteiger partial charge in [-0.2, -0.15) is 13.2 Å². The van der Waals surface area contributed by atoms with Gasteiger partial charge < -0.3 is 9.53 Å². The third kappa shape index (κ3) is 7.34. The van der Waals surface area contributed by atoms with E-state index in [1.807, 2.05) is 13.8 Å². The average molecular weight is 446 g/mol. The molecule has 10 heteroatoms. The van der Waals surface area contributed by atoms with Gasteiger partial charge in [0.1, 0.15) is 5.60 Å². The molecule has 0 bridgehead atoms. The van der Waals surface area contributed by atoms with Gasteiger partial charge in [-0.1, -0.05) is 19.0 Å². The highest BCUT2D eigenvalue weighted by molar-refractivity contribution is 6.72. The minimum Gasteiger partial charge on any atom is -0.456 e. The van der Waals surface area contributed by atoms with Crippen LogP contribution in [0.15, 0.2) is 23.3 Å². The van der Waals surface area contributed by atoms with Crippen LogP contribution in [0.3, 0.4) is 0 Å². The van der Waals surface area contributed by atoms with Crippen LogP contribution < -0.4 is 0 Å². The zero-order valence-electron chi connectivity index (χ0n) is 18.5. The maximum Gasteiger partial charge on any atom is 0.416 e. The molecule has 0 aliphatic carbocycles. The fourth-order valence-electron chi connectivity index (χ4n) is 2.62. The zero-order chi connectivity index (χ0) is 23.5. The van der Waals surface area contributed by atoms with Crippen LogP contribution in [-0.2, 0) is 10.9 Å². The van der Waals surface area contributed by atoms with Crippen LogP contribution in [0.2, 0.25) is 18.1 Å². The number of nitrogens with zero attached hydrogens (tertiary/aromatic N) is 3. The number of halogens is 3. The second kappa shape index (κ2) is 8.99. The zero-order valence-corrected chi connectivity index (χ0v) is 19.5. The number of rotatable bonds is 7. The summed E-state index contributed by atoms with van der Waals surface area (Å²) >= 11 is 0. The number of benzene rings is 1. The van der Waals surface area contributed by atoms with E-state index in [4.69, 9.17) is 10.3 Å². The molecule has 0 aliphatic rings. The number of esters is 1. The molecule has 0 fully saturated rings. The molecule has 0 saturated carbocycles. The Bertz CT molecular complexity index is 821. The molecule has 1 atom stereocenters. The summed E-state index contributed by atoms with van der Waals surface area (Å²) in [6.07, 6.45) is -4.03. The number of azide groups is 1. The minimum atomic E-state index is -4.69. The summed E-state index contributed by atoms with van der Waals surface area (Å²) in [6, 6.07) is 1.98. The van der Waals surface area contributed by atoms with E-state index in [1.165, 1.54) is 6.07 Å². The Morgan fingerprint density at radius 2 is 1.77 bits per heavy atom. The van der Waals surface area contributed by atoms with Crippen molar-refractivity contribution >= 4 is 14.3 Å². The van der Waals surface area contributed by atoms with Gasteiger partial charge in [-0.3, -0.25) is 0 Å². The molecule has 1 aromatic rings. The Morgan fingerprint density at radius 3 is 2.20 bits per heavy atom. The first kappa shape index (κ1) is 26.0. The Balaban J connectivity index is 3.41. The van der Waals surface area contributed by atoms with Gasteiger partial charge in [0.05, 0.1) is 17.2 Å². The van der Waals surface area contributed by atoms with E-state index in [9.17, 15) is 22.8 Å². The van der Waals surface area contributed by atoms with Gasteiger partial charge in [-0.05, 0) is 81.0 Å². The van der Waals surface area contributed by atoms with Gasteiger partial charge in [-0.15, -0.1) is 0 Å². The van der Waals surface area contributed by atoms with Crippen LogP contribution in [0, 0.1) is 0 Å². The van der Waals surface area contributed by atoms with Crippen LogP contribution in [0.1, 0.15) is 75.0 Å². The molecule has 6 nitrogen and oxygen atoms in total. The van der Waals surface area contributed by atoms with Gasteiger partial charge in [0.15, 0.2) is 8.32 Å². The largest absolute Gasteiger partial charge is 0.456 e. The Morgan fingerprint density at radius 1 is 1.20 bits per heavy atom. The summed E-state index contributed by atoms with van der Waals surface area (Å²) in [5.74, 6) is -0.890. The highest BCUT2D eigenvalue weighted by Gasteiger charge is 2.38. The van der Waals surface area contributed by atoms with Crippen molar-refractivity contribution in [2.75, 3.05) is 0 Å². The fourth-order valence-corrected chi connectivity index (χ4v) is 3.38. The van der Waals surface area contributed by atoms with E-state index >= 15 is 0 Å². The summed E-state index contributed by atoms with van der Waals surface area (Å²) in [5.41, 5.74) is 6.88. The number of hydrogen-bond acceptors (Lipinski definition) is 4. The molecule has 0 saturated heterocycles. The van der Waals surface area contributed by atoms with Crippen LogP contribution in [0.4, 0.5) is 13.2 Å². The summed E-state index contributed by atoms with van der Waals surface area (Å²) in [4.78, 5) is 25.6. The molecule has 0 radical (unpaired) electrons. The predicted octanol–water partition coefficient (Wildman–Crippen LogP) is 6.77. The lowest BCUT2D eigenvalue weighted by molar-refractivity contribution is -0.137. The van der Waals surface area contributed by atoms with Crippen molar-refractivity contribution in [2.45, 2.75) is 83.4 Å². The lowest BCUT2D eigenvalue weighted by Crippen LogP contribution is -2.39. The van der Waals surface area contributed by atoms with Crippen molar-refractivity contribution in [3.8, 4) is 0 Å². The van der Waals surface area contributed by atoms with E-state index in [-0.39, 0.29) is 17.5 Å². The number of ether oxygens (including phenoxy) is 1. The van der Waals surface area contributed by atoms with Crippen molar-refractivity contribution < 1.29 is 27.5 Å². The monoisotopic (exact) mass is 445 g/mol. The molecular formula is C20H30F3N3O3Si. The Hall–Kier alpha value is -2.03. The quantitative estimate of drug-likeness (QED) is 0.165. The number of carbonyl (C=O) groups is 1. The molecule has 1 rings (SSSR count). The first-order valence-electron chi connectivity index (χ1n) is 9.59. The van der Waals surface area contributed by atoms with Crippen molar-refractivity contribution in [3.05, 3.63) is 45.3 Å². The summed E-state index contributed by atoms with van der Waals surface area (Å²) in [5, 5.41) is 3.22. The lowest BCUT2D eigenvalue weighted by atomic mass is 9.94. The smallest absolute Gasteiger partial charge is 0.416 e. The number of alkyl halides is 3. The van der Waals surface area contributed by atoms with Crippen LogP contribution in [0.5, 0.6) is 0 Å². The Kier molecular flexibility index (Phi) is 7.79. The van der Waals surface area contributed by atoms with Gasteiger partial charge >= 0.3 is 12.1 Å². The van der Waals surface area contributed by atoms with Crippen LogP contribution in [0.25, 0.3) is 10.4 Å². The molecule has 0 heterocycles. The highest BCUT2D eigenvalue weighted by Crippen LogP contribution is 2.43. The number of hydrogen-bond donors (Lipinski definition) is 1.